The fourth-order valence-corrected chi connectivity index (χ4v) is 2.30. The van der Waals surface area contributed by atoms with Crippen LogP contribution in [0.25, 0.3) is 0 Å². The van der Waals surface area contributed by atoms with Crippen molar-refractivity contribution in [3.63, 3.8) is 0 Å². The van der Waals surface area contributed by atoms with Crippen LogP contribution < -0.4 is 5.32 Å². The van der Waals surface area contributed by atoms with Crippen molar-refractivity contribution < 1.29 is 14.3 Å². The summed E-state index contributed by atoms with van der Waals surface area (Å²) in [7, 11) is 0. The summed E-state index contributed by atoms with van der Waals surface area (Å²) in [6.45, 7) is 5.32. The van der Waals surface area contributed by atoms with Crippen molar-refractivity contribution in [3.05, 3.63) is 34.2 Å². The quantitative estimate of drug-likeness (QED) is 0.884. The van der Waals surface area contributed by atoms with Gasteiger partial charge < -0.3 is 14.8 Å². The molecule has 0 saturated heterocycles. The third-order valence-corrected chi connectivity index (χ3v) is 3.46. The molecule has 0 fully saturated rings. The summed E-state index contributed by atoms with van der Waals surface area (Å²) >= 11 is 1.01. The Balaban J connectivity index is 2.06. The normalized spacial score (nSPS) is 14.1. The Labute approximate surface area is 114 Å². The van der Waals surface area contributed by atoms with Crippen LogP contribution in [0.4, 0.5) is 0 Å². The topological polar surface area (TPSA) is 88.2 Å². The van der Waals surface area contributed by atoms with Crippen molar-refractivity contribution in [1.29, 1.82) is 0 Å². The van der Waals surface area contributed by atoms with E-state index in [9.17, 15) is 9.90 Å². The van der Waals surface area contributed by atoms with E-state index >= 15 is 0 Å². The Morgan fingerprint density at radius 1 is 1.58 bits per heavy atom. The minimum atomic E-state index is -1.18. The Hall–Kier alpha value is -1.73. The molecule has 1 amide bonds. The minimum absolute atomic E-state index is 0.0869. The lowest BCUT2D eigenvalue weighted by Gasteiger charge is -2.23. The minimum Gasteiger partial charge on any atom is -0.466 e. The van der Waals surface area contributed by atoms with Gasteiger partial charge in [-0.15, -0.1) is 5.10 Å². The van der Waals surface area contributed by atoms with E-state index in [1.165, 1.54) is 6.20 Å². The van der Waals surface area contributed by atoms with Gasteiger partial charge in [-0.2, -0.15) is 0 Å². The molecule has 0 bridgehead atoms. The fourth-order valence-electron chi connectivity index (χ4n) is 1.87. The van der Waals surface area contributed by atoms with Gasteiger partial charge in [-0.3, -0.25) is 4.79 Å². The predicted octanol–water partition coefficient (Wildman–Crippen LogP) is 1.39. The molecule has 1 unspecified atom stereocenters. The number of aromatic nitrogens is 2. The summed E-state index contributed by atoms with van der Waals surface area (Å²) in [6, 6.07) is 1.77. The number of aliphatic hydroxyl groups is 1. The Morgan fingerprint density at radius 2 is 2.32 bits per heavy atom. The van der Waals surface area contributed by atoms with Crippen LogP contribution in [0.3, 0.4) is 0 Å². The first-order valence-corrected chi connectivity index (χ1v) is 6.53. The SMILES string of the molecule is Cc1cc(C(C)(O)CNC(=O)c2cnns2)c(C)o1. The molecule has 1 atom stereocenters. The van der Waals surface area contributed by atoms with Crippen LogP contribution in [0.1, 0.15) is 33.7 Å². The summed E-state index contributed by atoms with van der Waals surface area (Å²) in [5.41, 5.74) is -0.511. The average molecular weight is 281 g/mol. The van der Waals surface area contributed by atoms with E-state index < -0.39 is 5.60 Å². The number of hydrogen-bond acceptors (Lipinski definition) is 6. The van der Waals surface area contributed by atoms with Gasteiger partial charge in [0.2, 0.25) is 0 Å². The van der Waals surface area contributed by atoms with Gasteiger partial charge in [0.1, 0.15) is 22.0 Å². The number of aryl methyl sites for hydroxylation is 2. The Kier molecular flexibility index (Phi) is 3.68. The molecule has 0 aliphatic heterocycles. The molecule has 19 heavy (non-hydrogen) atoms. The lowest BCUT2D eigenvalue weighted by molar-refractivity contribution is 0.0515. The van der Waals surface area contributed by atoms with E-state index in [-0.39, 0.29) is 12.5 Å². The van der Waals surface area contributed by atoms with Crippen molar-refractivity contribution in [2.75, 3.05) is 6.54 Å². The largest absolute Gasteiger partial charge is 0.466 e. The zero-order valence-corrected chi connectivity index (χ0v) is 11.7. The summed E-state index contributed by atoms with van der Waals surface area (Å²) < 4.78 is 9.01. The van der Waals surface area contributed by atoms with Gasteiger partial charge in [0, 0.05) is 5.56 Å². The fraction of sp³-hybridized carbons (Fsp3) is 0.417. The van der Waals surface area contributed by atoms with Crippen LogP contribution in [-0.2, 0) is 5.60 Å². The number of carbonyl (C=O) groups excluding carboxylic acids is 1. The van der Waals surface area contributed by atoms with Crippen molar-refractivity contribution in [3.8, 4) is 0 Å². The summed E-state index contributed by atoms with van der Waals surface area (Å²) in [5.74, 6) is 1.08. The van der Waals surface area contributed by atoms with E-state index in [2.05, 4.69) is 14.9 Å². The van der Waals surface area contributed by atoms with Crippen LogP contribution in [0.15, 0.2) is 16.7 Å². The highest BCUT2D eigenvalue weighted by atomic mass is 32.1. The Bertz CT molecular complexity index is 575. The third kappa shape index (κ3) is 2.99. The van der Waals surface area contributed by atoms with Gasteiger partial charge in [-0.1, -0.05) is 4.49 Å². The number of furan rings is 1. The maximum absolute atomic E-state index is 11.8. The summed E-state index contributed by atoms with van der Waals surface area (Å²) in [5, 5.41) is 16.7. The van der Waals surface area contributed by atoms with Crippen LogP contribution in [0, 0.1) is 13.8 Å². The van der Waals surface area contributed by atoms with Crippen LogP contribution in [0.2, 0.25) is 0 Å². The monoisotopic (exact) mass is 281 g/mol. The standard InChI is InChI=1S/C12H15N3O3S/c1-7-4-9(8(2)18-7)12(3,17)6-13-11(16)10-5-14-15-19-10/h4-5,17H,6H2,1-3H3,(H,13,16). The molecule has 2 aromatic rings. The molecule has 0 aromatic carbocycles. The van der Waals surface area contributed by atoms with Crippen LogP contribution in [-0.4, -0.2) is 27.1 Å². The lowest BCUT2D eigenvalue weighted by Crippen LogP contribution is -2.38. The molecule has 0 radical (unpaired) electrons. The van der Waals surface area contributed by atoms with E-state index in [1.54, 1.807) is 19.9 Å². The number of carbonyl (C=O) groups is 1. The van der Waals surface area contributed by atoms with Gasteiger partial charge in [0.15, 0.2) is 0 Å². The smallest absolute Gasteiger partial charge is 0.264 e. The first kappa shape index (κ1) is 13.7. The highest BCUT2D eigenvalue weighted by Crippen LogP contribution is 2.26. The molecule has 2 heterocycles. The first-order chi connectivity index (χ1) is 8.90. The number of rotatable bonds is 4. The van der Waals surface area contributed by atoms with Crippen LogP contribution in [0.5, 0.6) is 0 Å². The maximum Gasteiger partial charge on any atom is 0.264 e. The molecule has 0 aliphatic carbocycles. The zero-order valence-electron chi connectivity index (χ0n) is 10.9. The van der Waals surface area contributed by atoms with Crippen molar-refractivity contribution in [1.82, 2.24) is 14.9 Å². The Morgan fingerprint density at radius 3 is 2.84 bits per heavy atom. The molecule has 7 heteroatoms. The van der Waals surface area contributed by atoms with Gasteiger partial charge in [-0.05, 0) is 38.4 Å². The van der Waals surface area contributed by atoms with Crippen LogP contribution >= 0.6 is 11.5 Å². The molecule has 102 valence electrons. The number of hydrogen-bond donors (Lipinski definition) is 2. The van der Waals surface area contributed by atoms with Crippen molar-refractivity contribution in [2.45, 2.75) is 26.4 Å². The second-order valence-corrected chi connectivity index (χ2v) is 5.35. The van der Waals surface area contributed by atoms with E-state index in [1.807, 2.05) is 6.92 Å². The van der Waals surface area contributed by atoms with E-state index in [0.29, 0.717) is 16.2 Å². The van der Waals surface area contributed by atoms with Crippen molar-refractivity contribution in [2.24, 2.45) is 0 Å². The molecule has 0 spiro atoms. The predicted molar refractivity (Wildman–Crippen MR) is 70.0 cm³/mol. The average Bonchev–Trinajstić information content (AvgIpc) is 2.96. The van der Waals surface area contributed by atoms with Gasteiger partial charge >= 0.3 is 0 Å². The van der Waals surface area contributed by atoms with Gasteiger partial charge in [0.05, 0.1) is 12.7 Å². The number of nitrogens with one attached hydrogen (secondary N) is 1. The lowest BCUT2D eigenvalue weighted by atomic mass is 9.96. The van der Waals surface area contributed by atoms with E-state index in [0.717, 1.165) is 17.3 Å². The van der Waals surface area contributed by atoms with Gasteiger partial charge in [0.25, 0.3) is 5.91 Å². The summed E-state index contributed by atoms with van der Waals surface area (Å²) in [6.07, 6.45) is 1.39. The first-order valence-electron chi connectivity index (χ1n) is 5.75. The second-order valence-electron chi connectivity index (χ2n) is 4.57. The summed E-state index contributed by atoms with van der Waals surface area (Å²) in [4.78, 5) is 12.2. The van der Waals surface area contributed by atoms with E-state index in [4.69, 9.17) is 4.42 Å². The molecule has 6 nitrogen and oxygen atoms in total. The molecular weight excluding hydrogens is 266 g/mol. The number of nitrogens with zero attached hydrogens (tertiary/aromatic N) is 2. The maximum atomic E-state index is 11.8. The second kappa shape index (κ2) is 5.10. The molecular formula is C12H15N3O3S. The zero-order chi connectivity index (χ0) is 14.0. The molecule has 2 aromatic heterocycles. The molecule has 0 saturated carbocycles. The molecule has 2 rings (SSSR count). The van der Waals surface area contributed by atoms with Gasteiger partial charge in [-0.25, -0.2) is 0 Å². The highest BCUT2D eigenvalue weighted by Gasteiger charge is 2.28. The molecule has 0 aliphatic rings. The third-order valence-electron chi connectivity index (χ3n) is 2.80. The van der Waals surface area contributed by atoms with Crippen molar-refractivity contribution >= 4 is 17.4 Å². The number of amides is 1. The molecule has 2 N–H and O–H groups in total. The highest BCUT2D eigenvalue weighted by molar-refractivity contribution is 7.07.